The Balaban J connectivity index is 1.89. The first-order chi connectivity index (χ1) is 11.1. The van der Waals surface area contributed by atoms with Crippen LogP contribution in [0.5, 0.6) is 11.5 Å². The lowest BCUT2D eigenvalue weighted by Crippen LogP contribution is -2.35. The molecule has 2 N–H and O–H groups in total. The molecule has 0 bridgehead atoms. The normalized spacial score (nSPS) is 14.3. The number of hydrogen-bond acceptors (Lipinski definition) is 5. The van der Waals surface area contributed by atoms with Gasteiger partial charge in [0.15, 0.2) is 4.77 Å². The number of aromatic nitrogens is 2. The fraction of sp³-hybridized carbons (Fsp3) is 0.375. The molecule has 23 heavy (non-hydrogen) atoms. The van der Waals surface area contributed by atoms with Gasteiger partial charge in [0.1, 0.15) is 11.5 Å². The highest BCUT2D eigenvalue weighted by Gasteiger charge is 2.22. The number of rotatable bonds is 4. The van der Waals surface area contributed by atoms with Crippen LogP contribution in [-0.2, 0) is 19.5 Å². The maximum Gasteiger partial charge on any atom is 0.256 e. The minimum atomic E-state index is -0.111. The molecular formula is C16H19N3O3S. The van der Waals surface area contributed by atoms with E-state index in [9.17, 15) is 4.79 Å². The molecule has 0 saturated carbocycles. The number of benzene rings is 1. The Morgan fingerprint density at radius 2 is 1.91 bits per heavy atom. The second-order valence-electron chi connectivity index (χ2n) is 5.47. The van der Waals surface area contributed by atoms with E-state index in [4.69, 9.17) is 21.7 Å². The van der Waals surface area contributed by atoms with Crippen molar-refractivity contribution in [2.75, 3.05) is 20.8 Å². The van der Waals surface area contributed by atoms with Crippen molar-refractivity contribution in [3.8, 4) is 11.5 Å². The maximum atomic E-state index is 12.1. The third-order valence-corrected chi connectivity index (χ3v) is 4.31. The fourth-order valence-corrected chi connectivity index (χ4v) is 3.17. The smallest absolute Gasteiger partial charge is 0.256 e. The molecule has 1 aromatic heterocycles. The summed E-state index contributed by atoms with van der Waals surface area (Å²) in [6.45, 7) is 2.06. The predicted octanol–water partition coefficient (Wildman–Crippen LogP) is 2.01. The Kier molecular flexibility index (Phi) is 4.49. The van der Waals surface area contributed by atoms with Gasteiger partial charge in [-0.3, -0.25) is 14.7 Å². The average Bonchev–Trinajstić information content (AvgIpc) is 2.55. The Morgan fingerprint density at radius 1 is 1.22 bits per heavy atom. The number of methoxy groups -OCH3 is 2. The van der Waals surface area contributed by atoms with E-state index in [0.29, 0.717) is 17.9 Å². The van der Waals surface area contributed by atoms with Crippen LogP contribution in [0.3, 0.4) is 0 Å². The van der Waals surface area contributed by atoms with Gasteiger partial charge in [-0.05, 0) is 24.4 Å². The van der Waals surface area contributed by atoms with Crippen molar-refractivity contribution in [1.29, 1.82) is 0 Å². The van der Waals surface area contributed by atoms with Crippen molar-refractivity contribution >= 4 is 12.2 Å². The minimum Gasteiger partial charge on any atom is -0.496 e. The number of fused-ring (bicyclic) bond motifs is 1. The lowest BCUT2D eigenvalue weighted by molar-refractivity contribution is 0.234. The molecule has 2 heterocycles. The Labute approximate surface area is 139 Å². The van der Waals surface area contributed by atoms with Gasteiger partial charge in [0.05, 0.1) is 25.3 Å². The molecule has 0 saturated heterocycles. The summed E-state index contributed by atoms with van der Waals surface area (Å²) in [5.74, 6) is 1.58. The van der Waals surface area contributed by atoms with Crippen molar-refractivity contribution in [2.24, 2.45) is 0 Å². The molecule has 0 radical (unpaired) electrons. The number of ether oxygens (including phenoxy) is 2. The van der Waals surface area contributed by atoms with Gasteiger partial charge >= 0.3 is 0 Å². The van der Waals surface area contributed by atoms with Gasteiger partial charge in [0.25, 0.3) is 5.56 Å². The molecule has 0 aliphatic carbocycles. The van der Waals surface area contributed by atoms with Crippen LogP contribution >= 0.6 is 12.2 Å². The zero-order chi connectivity index (χ0) is 16.4. The maximum absolute atomic E-state index is 12.1. The first-order valence-corrected chi connectivity index (χ1v) is 7.79. The molecule has 1 aliphatic heterocycles. The van der Waals surface area contributed by atoms with E-state index in [1.165, 1.54) is 0 Å². The summed E-state index contributed by atoms with van der Waals surface area (Å²) in [5.41, 5.74) is 2.56. The van der Waals surface area contributed by atoms with Crippen LogP contribution in [0.25, 0.3) is 0 Å². The number of hydrogen-bond donors (Lipinski definition) is 2. The summed E-state index contributed by atoms with van der Waals surface area (Å²) in [5, 5.41) is 0. The van der Waals surface area contributed by atoms with Crippen molar-refractivity contribution < 1.29 is 9.47 Å². The van der Waals surface area contributed by atoms with E-state index in [1.807, 2.05) is 18.2 Å². The highest BCUT2D eigenvalue weighted by molar-refractivity contribution is 7.71. The van der Waals surface area contributed by atoms with Crippen LogP contribution in [0.4, 0.5) is 0 Å². The highest BCUT2D eigenvalue weighted by Crippen LogP contribution is 2.30. The number of H-pyrrole nitrogens is 2. The predicted molar refractivity (Wildman–Crippen MR) is 89.6 cm³/mol. The second-order valence-corrected chi connectivity index (χ2v) is 5.88. The molecule has 2 aromatic rings. The first-order valence-electron chi connectivity index (χ1n) is 7.39. The Hall–Kier alpha value is -2.12. The molecule has 0 fully saturated rings. The molecule has 122 valence electrons. The number of aromatic amines is 2. The van der Waals surface area contributed by atoms with E-state index in [1.54, 1.807) is 14.2 Å². The van der Waals surface area contributed by atoms with Crippen LogP contribution in [0.2, 0.25) is 0 Å². The molecule has 0 atom stereocenters. The topological polar surface area (TPSA) is 70.3 Å². The zero-order valence-electron chi connectivity index (χ0n) is 13.1. The van der Waals surface area contributed by atoms with Crippen LogP contribution in [0, 0.1) is 4.77 Å². The molecule has 6 nitrogen and oxygen atoms in total. The van der Waals surface area contributed by atoms with Crippen molar-refractivity contribution in [3.63, 3.8) is 0 Å². The minimum absolute atomic E-state index is 0.111. The fourth-order valence-electron chi connectivity index (χ4n) is 2.95. The average molecular weight is 333 g/mol. The van der Waals surface area contributed by atoms with Gasteiger partial charge in [-0.25, -0.2) is 0 Å². The molecule has 0 amide bonds. The molecule has 1 aliphatic rings. The molecule has 0 unspecified atom stereocenters. The van der Waals surface area contributed by atoms with E-state index in [-0.39, 0.29) is 5.56 Å². The van der Waals surface area contributed by atoms with Crippen LogP contribution in [-0.4, -0.2) is 35.6 Å². The summed E-state index contributed by atoms with van der Waals surface area (Å²) in [6.07, 6.45) is 0.764. The first kappa shape index (κ1) is 15.8. The van der Waals surface area contributed by atoms with Crippen LogP contribution in [0.15, 0.2) is 23.0 Å². The van der Waals surface area contributed by atoms with Gasteiger partial charge in [-0.1, -0.05) is 6.07 Å². The quantitative estimate of drug-likeness (QED) is 0.838. The van der Waals surface area contributed by atoms with E-state index in [0.717, 1.165) is 41.3 Å². The third kappa shape index (κ3) is 3.16. The van der Waals surface area contributed by atoms with Crippen LogP contribution < -0.4 is 15.0 Å². The van der Waals surface area contributed by atoms with Gasteiger partial charge in [-0.2, -0.15) is 0 Å². The zero-order valence-corrected chi connectivity index (χ0v) is 14.0. The van der Waals surface area contributed by atoms with Crippen molar-refractivity contribution in [2.45, 2.75) is 19.5 Å². The highest BCUT2D eigenvalue weighted by atomic mass is 32.1. The number of nitrogens with one attached hydrogen (secondary N) is 2. The summed E-state index contributed by atoms with van der Waals surface area (Å²) < 4.78 is 11.3. The largest absolute Gasteiger partial charge is 0.496 e. The summed E-state index contributed by atoms with van der Waals surface area (Å²) >= 11 is 5.03. The SMILES string of the molecule is COc1cccc(OC)c1CN1CCc2[nH]c(=S)[nH]c(=O)c2C1. The van der Waals surface area contributed by atoms with Gasteiger partial charge in [0, 0.05) is 31.7 Å². The van der Waals surface area contributed by atoms with Crippen molar-refractivity contribution in [3.05, 3.63) is 50.1 Å². The molecule has 0 spiro atoms. The summed E-state index contributed by atoms with van der Waals surface area (Å²) in [6, 6.07) is 5.73. The summed E-state index contributed by atoms with van der Waals surface area (Å²) in [4.78, 5) is 20.1. The van der Waals surface area contributed by atoms with Gasteiger partial charge < -0.3 is 14.5 Å². The van der Waals surface area contributed by atoms with E-state index < -0.39 is 0 Å². The Morgan fingerprint density at radius 3 is 2.57 bits per heavy atom. The number of nitrogens with zero attached hydrogens (tertiary/aromatic N) is 1. The van der Waals surface area contributed by atoms with Crippen molar-refractivity contribution in [1.82, 2.24) is 14.9 Å². The summed E-state index contributed by atoms with van der Waals surface area (Å²) in [7, 11) is 3.29. The molecular weight excluding hydrogens is 314 g/mol. The third-order valence-electron chi connectivity index (χ3n) is 4.10. The second kappa shape index (κ2) is 6.55. The van der Waals surface area contributed by atoms with Crippen LogP contribution in [0.1, 0.15) is 16.8 Å². The molecule has 3 rings (SSSR count). The van der Waals surface area contributed by atoms with Gasteiger partial charge in [0.2, 0.25) is 0 Å². The van der Waals surface area contributed by atoms with Gasteiger partial charge in [-0.15, -0.1) is 0 Å². The standard InChI is InChI=1S/C16H19N3O3S/c1-21-13-4-3-5-14(22-2)11(13)9-19-7-6-12-10(8-19)15(20)18-16(23)17-12/h3-5H,6-9H2,1-2H3,(H2,17,18,20,23). The van der Waals surface area contributed by atoms with E-state index in [2.05, 4.69) is 14.9 Å². The lowest BCUT2D eigenvalue weighted by Gasteiger charge is -2.28. The molecule has 7 heteroatoms. The Bertz CT molecular complexity index is 806. The lowest BCUT2D eigenvalue weighted by atomic mass is 10.1. The van der Waals surface area contributed by atoms with E-state index >= 15 is 0 Å². The molecule has 1 aromatic carbocycles. The monoisotopic (exact) mass is 333 g/mol.